The fourth-order valence-corrected chi connectivity index (χ4v) is 7.68. The highest BCUT2D eigenvalue weighted by Crippen LogP contribution is 2.34. The van der Waals surface area contributed by atoms with E-state index in [9.17, 15) is 40.2 Å². The molecule has 52 heavy (non-hydrogen) atoms. The first-order chi connectivity index (χ1) is 25.1. The average molecular weight is 747 g/mol. The molecular weight excluding hydrogens is 664 g/mol. The van der Waals surface area contributed by atoms with Gasteiger partial charge in [-0.15, -0.1) is 0 Å². The number of aliphatic carboxylic acids is 2. The van der Waals surface area contributed by atoms with Gasteiger partial charge in [-0.3, -0.25) is 9.59 Å². The van der Waals surface area contributed by atoms with Crippen molar-refractivity contribution in [1.29, 1.82) is 0 Å². The van der Waals surface area contributed by atoms with Crippen LogP contribution in [0.15, 0.2) is 0 Å². The lowest BCUT2D eigenvalue weighted by atomic mass is 9.78. The van der Waals surface area contributed by atoms with Crippen molar-refractivity contribution in [3.63, 3.8) is 0 Å². The monoisotopic (exact) mass is 747 g/mol. The van der Waals surface area contributed by atoms with E-state index in [-0.39, 0.29) is 68.7 Å². The quantitative estimate of drug-likeness (QED) is 0.0956. The Morgan fingerprint density at radius 1 is 0.308 bits per heavy atom. The second kappa shape index (κ2) is 33.1. The minimum atomic E-state index is -0.870. The SMILES string of the molecule is O=C(O)CCCCC(=O)O.OCC1(CO)CCCCCCCCC1.OCC1(CO)CCCCCCCCC1.OCC1(CO)CCCCCCCCC1. The van der Waals surface area contributed by atoms with Gasteiger partial charge in [-0.1, -0.05) is 135 Å². The van der Waals surface area contributed by atoms with E-state index in [1.54, 1.807) is 0 Å². The standard InChI is InChI=1S/3C12H24O2.C6H10O4/c3*13-10-12(11-14)8-6-4-2-1-3-5-7-9-12;7-5(8)3-1-2-4-6(9)10/h3*13-14H,1-11H2;1-4H2,(H,7,8)(H,9,10). The molecule has 310 valence electrons. The molecule has 0 amide bonds. The summed E-state index contributed by atoms with van der Waals surface area (Å²) in [7, 11) is 0. The van der Waals surface area contributed by atoms with Crippen LogP contribution in [0.2, 0.25) is 0 Å². The average Bonchev–Trinajstić information content (AvgIpc) is 3.17. The van der Waals surface area contributed by atoms with E-state index in [4.69, 9.17) is 10.2 Å². The molecule has 0 spiro atoms. The van der Waals surface area contributed by atoms with Crippen molar-refractivity contribution in [2.75, 3.05) is 39.6 Å². The third-order valence-corrected chi connectivity index (χ3v) is 11.8. The molecule has 0 heterocycles. The number of aliphatic hydroxyl groups is 6. The van der Waals surface area contributed by atoms with E-state index in [0.29, 0.717) is 12.8 Å². The predicted octanol–water partition coefficient (Wildman–Crippen LogP) is 8.16. The maximum absolute atomic E-state index is 9.90. The third-order valence-electron chi connectivity index (χ3n) is 11.8. The number of rotatable bonds is 11. The molecule has 0 aromatic rings. The lowest BCUT2D eigenvalue weighted by Gasteiger charge is -2.30. The zero-order chi connectivity index (χ0) is 38.8. The molecule has 3 aliphatic rings. The van der Waals surface area contributed by atoms with E-state index in [1.165, 1.54) is 135 Å². The first-order valence-corrected chi connectivity index (χ1v) is 21.2. The van der Waals surface area contributed by atoms with Gasteiger partial charge in [0.2, 0.25) is 0 Å². The normalized spacial score (nSPS) is 21.5. The van der Waals surface area contributed by atoms with Crippen LogP contribution < -0.4 is 0 Å². The Labute approximate surface area is 316 Å². The summed E-state index contributed by atoms with van der Waals surface area (Å²) in [6.07, 6.45) is 33.7. The van der Waals surface area contributed by atoms with Crippen LogP contribution in [0.25, 0.3) is 0 Å². The Morgan fingerprint density at radius 3 is 0.596 bits per heavy atom. The lowest BCUT2D eigenvalue weighted by molar-refractivity contribution is -0.139. The second-order valence-electron chi connectivity index (χ2n) is 16.4. The van der Waals surface area contributed by atoms with Crippen molar-refractivity contribution >= 4 is 11.9 Å². The summed E-state index contributed by atoms with van der Waals surface area (Å²) in [5.41, 5.74) is -0.508. The smallest absolute Gasteiger partial charge is 0.303 e. The van der Waals surface area contributed by atoms with Gasteiger partial charge >= 0.3 is 11.9 Å². The summed E-state index contributed by atoms with van der Waals surface area (Å²) in [5, 5.41) is 72.4. The van der Waals surface area contributed by atoms with E-state index >= 15 is 0 Å². The van der Waals surface area contributed by atoms with E-state index in [1.807, 2.05) is 0 Å². The van der Waals surface area contributed by atoms with Crippen molar-refractivity contribution in [1.82, 2.24) is 0 Å². The van der Waals surface area contributed by atoms with Gasteiger partial charge in [0.1, 0.15) is 0 Å². The topological polar surface area (TPSA) is 196 Å². The molecule has 10 nitrogen and oxygen atoms in total. The number of unbranched alkanes of at least 4 members (excludes halogenated alkanes) is 1. The highest BCUT2D eigenvalue weighted by atomic mass is 16.4. The molecule has 3 saturated carbocycles. The van der Waals surface area contributed by atoms with Gasteiger partial charge in [0.15, 0.2) is 0 Å². The Hall–Kier alpha value is -1.30. The number of hydrogen-bond donors (Lipinski definition) is 8. The molecule has 0 radical (unpaired) electrons. The zero-order valence-electron chi connectivity index (χ0n) is 33.1. The molecular formula is C42H82O10. The van der Waals surface area contributed by atoms with Crippen LogP contribution in [0.4, 0.5) is 0 Å². The van der Waals surface area contributed by atoms with Crippen molar-refractivity contribution < 1.29 is 50.4 Å². The zero-order valence-corrected chi connectivity index (χ0v) is 33.1. The van der Waals surface area contributed by atoms with E-state index in [2.05, 4.69) is 0 Å². The van der Waals surface area contributed by atoms with Crippen LogP contribution in [0, 0.1) is 16.2 Å². The van der Waals surface area contributed by atoms with Gasteiger partial charge < -0.3 is 40.9 Å². The van der Waals surface area contributed by atoms with Gasteiger partial charge in [0, 0.05) is 29.1 Å². The van der Waals surface area contributed by atoms with Crippen molar-refractivity contribution in [3.8, 4) is 0 Å². The molecule has 0 aliphatic heterocycles. The Morgan fingerprint density at radius 2 is 0.462 bits per heavy atom. The number of hydrogen-bond acceptors (Lipinski definition) is 8. The molecule has 0 unspecified atom stereocenters. The first kappa shape index (κ1) is 50.7. The van der Waals surface area contributed by atoms with Crippen LogP contribution >= 0.6 is 0 Å². The molecule has 3 aliphatic carbocycles. The van der Waals surface area contributed by atoms with Crippen LogP contribution in [0.1, 0.15) is 199 Å². The molecule has 0 aromatic heterocycles. The summed E-state index contributed by atoms with van der Waals surface area (Å²) in [6, 6.07) is 0. The summed E-state index contributed by atoms with van der Waals surface area (Å²) < 4.78 is 0. The minimum absolute atomic E-state index is 0.0628. The molecule has 3 fully saturated rings. The predicted molar refractivity (Wildman–Crippen MR) is 208 cm³/mol. The maximum atomic E-state index is 9.90. The largest absolute Gasteiger partial charge is 0.481 e. The molecule has 0 aromatic carbocycles. The number of carboxylic acids is 2. The number of carboxylic acid groups (broad SMARTS) is 2. The van der Waals surface area contributed by atoms with Crippen molar-refractivity contribution in [3.05, 3.63) is 0 Å². The molecule has 0 atom stereocenters. The highest BCUT2D eigenvalue weighted by Gasteiger charge is 2.29. The van der Waals surface area contributed by atoms with E-state index in [0.717, 1.165) is 38.5 Å². The molecule has 10 heteroatoms. The highest BCUT2D eigenvalue weighted by molar-refractivity contribution is 5.67. The van der Waals surface area contributed by atoms with E-state index < -0.39 is 11.9 Å². The fraction of sp³-hybridized carbons (Fsp3) is 0.952. The second-order valence-corrected chi connectivity index (χ2v) is 16.4. The summed E-state index contributed by atoms with van der Waals surface area (Å²) in [6.45, 7) is 0.938. The molecule has 0 bridgehead atoms. The summed E-state index contributed by atoms with van der Waals surface area (Å²) >= 11 is 0. The Balaban J connectivity index is 0.000000673. The summed E-state index contributed by atoms with van der Waals surface area (Å²) in [4.78, 5) is 19.8. The van der Waals surface area contributed by atoms with Crippen LogP contribution in [0.3, 0.4) is 0 Å². The van der Waals surface area contributed by atoms with Crippen LogP contribution in [0.5, 0.6) is 0 Å². The van der Waals surface area contributed by atoms with Crippen molar-refractivity contribution in [2.24, 2.45) is 16.2 Å². The van der Waals surface area contributed by atoms with Crippen LogP contribution in [-0.4, -0.2) is 92.4 Å². The number of carbonyl (C=O) groups is 2. The molecule has 3 rings (SSSR count). The maximum Gasteiger partial charge on any atom is 0.303 e. The Bertz CT molecular complexity index is 691. The lowest BCUT2D eigenvalue weighted by Crippen LogP contribution is -2.30. The summed E-state index contributed by atoms with van der Waals surface area (Å²) in [5.74, 6) is -1.74. The number of aliphatic hydroxyl groups excluding tert-OH is 6. The Kier molecular flexibility index (Phi) is 32.2. The fourth-order valence-electron chi connectivity index (χ4n) is 7.68. The van der Waals surface area contributed by atoms with Gasteiger partial charge in [-0.2, -0.15) is 0 Å². The third kappa shape index (κ3) is 25.7. The van der Waals surface area contributed by atoms with Gasteiger partial charge in [0.05, 0.1) is 39.6 Å². The van der Waals surface area contributed by atoms with Gasteiger partial charge in [-0.05, 0) is 51.4 Å². The van der Waals surface area contributed by atoms with Crippen molar-refractivity contribution in [2.45, 2.75) is 199 Å². The first-order valence-electron chi connectivity index (χ1n) is 21.2. The molecule has 0 saturated heterocycles. The minimum Gasteiger partial charge on any atom is -0.481 e. The van der Waals surface area contributed by atoms with Gasteiger partial charge in [-0.25, -0.2) is 0 Å². The van der Waals surface area contributed by atoms with Crippen LogP contribution in [-0.2, 0) is 9.59 Å². The molecule has 8 N–H and O–H groups in total. The van der Waals surface area contributed by atoms with Gasteiger partial charge in [0.25, 0.3) is 0 Å².